The van der Waals surface area contributed by atoms with Gasteiger partial charge in [0.25, 0.3) is 0 Å². The van der Waals surface area contributed by atoms with Gasteiger partial charge in [0, 0.05) is 23.2 Å². The third-order valence-electron chi connectivity index (χ3n) is 2.73. The van der Waals surface area contributed by atoms with Gasteiger partial charge in [-0.05, 0) is 17.5 Å². The molecule has 0 aliphatic rings. The molecular formula is C18H23F2N. The second-order valence-corrected chi connectivity index (χ2v) is 4.17. The number of nitrogens with zero attached hydrogens (tertiary/aromatic N) is 1. The van der Waals surface area contributed by atoms with E-state index in [1.165, 1.54) is 6.20 Å². The Balaban J connectivity index is 0.000000921. The second kappa shape index (κ2) is 9.07. The number of hydrogen-bond acceptors (Lipinski definition) is 1. The molecule has 0 N–H and O–H groups in total. The van der Waals surface area contributed by atoms with Gasteiger partial charge in [-0.15, -0.1) is 6.42 Å². The molecule has 0 radical (unpaired) electrons. The number of rotatable bonds is 1. The maximum absolute atomic E-state index is 13.6. The normalized spacial score (nSPS) is 9.33. The Morgan fingerprint density at radius 2 is 1.67 bits per heavy atom. The quantitative estimate of drug-likeness (QED) is 0.617. The van der Waals surface area contributed by atoms with Gasteiger partial charge in [0.15, 0.2) is 11.6 Å². The topological polar surface area (TPSA) is 12.9 Å². The lowest BCUT2D eigenvalue weighted by Gasteiger charge is -2.11. The third-order valence-corrected chi connectivity index (χ3v) is 2.73. The smallest absolute Gasteiger partial charge is 0.175 e. The first-order valence-electron chi connectivity index (χ1n) is 7.28. The molecular weight excluding hydrogens is 268 g/mol. The molecule has 2 rings (SSSR count). The molecule has 1 aromatic carbocycles. The first kappa shape index (κ1) is 19.1. The van der Waals surface area contributed by atoms with Crippen molar-refractivity contribution in [3.05, 3.63) is 41.2 Å². The number of fused-ring (bicyclic) bond motifs is 1. The van der Waals surface area contributed by atoms with Gasteiger partial charge in [0.2, 0.25) is 0 Å². The highest BCUT2D eigenvalue weighted by atomic mass is 19.2. The van der Waals surface area contributed by atoms with Crippen LogP contribution in [-0.2, 0) is 0 Å². The fourth-order valence-corrected chi connectivity index (χ4v) is 1.89. The summed E-state index contributed by atoms with van der Waals surface area (Å²) in [6, 6.07) is 1.13. The summed E-state index contributed by atoms with van der Waals surface area (Å²) in [6.45, 7) is 11.9. The molecule has 0 bridgehead atoms. The summed E-state index contributed by atoms with van der Waals surface area (Å²) in [5.74, 6) is 0.472. The molecule has 0 amide bonds. The van der Waals surface area contributed by atoms with E-state index >= 15 is 0 Å². The van der Waals surface area contributed by atoms with Gasteiger partial charge in [-0.1, -0.05) is 47.5 Å². The Morgan fingerprint density at radius 1 is 1.10 bits per heavy atom. The van der Waals surface area contributed by atoms with Crippen molar-refractivity contribution in [1.29, 1.82) is 0 Å². The highest BCUT2D eigenvalue weighted by Gasteiger charge is 2.16. The Kier molecular flexibility index (Phi) is 8.23. The minimum Gasteiger partial charge on any atom is -0.264 e. The Bertz CT molecular complexity index is 625. The molecule has 0 fully saturated rings. The van der Waals surface area contributed by atoms with Gasteiger partial charge < -0.3 is 0 Å². The molecule has 3 heteroatoms. The summed E-state index contributed by atoms with van der Waals surface area (Å²) >= 11 is 0. The van der Waals surface area contributed by atoms with E-state index in [9.17, 15) is 8.78 Å². The van der Waals surface area contributed by atoms with E-state index in [0.717, 1.165) is 11.6 Å². The van der Waals surface area contributed by atoms with Crippen LogP contribution in [0.1, 0.15) is 58.6 Å². The summed E-state index contributed by atoms with van der Waals surface area (Å²) in [5, 5.41) is 1.11. The highest BCUT2D eigenvalue weighted by Crippen LogP contribution is 2.30. The Morgan fingerprint density at radius 3 is 2.14 bits per heavy atom. The average molecular weight is 291 g/mol. The summed E-state index contributed by atoms with van der Waals surface area (Å²) in [4.78, 5) is 4.02. The number of terminal acetylenes is 1. The average Bonchev–Trinajstić information content (AvgIpc) is 2.52. The Hall–Kier alpha value is -1.95. The predicted molar refractivity (Wildman–Crippen MR) is 86.4 cm³/mol. The minimum absolute atomic E-state index is 0.0221. The summed E-state index contributed by atoms with van der Waals surface area (Å²) in [6.07, 6.45) is 8.41. The van der Waals surface area contributed by atoms with Crippen LogP contribution in [0.15, 0.2) is 18.5 Å². The van der Waals surface area contributed by atoms with E-state index in [0.29, 0.717) is 10.8 Å². The van der Waals surface area contributed by atoms with Crippen molar-refractivity contribution in [1.82, 2.24) is 4.98 Å². The molecule has 114 valence electrons. The predicted octanol–water partition coefficient (Wildman–Crippen LogP) is 5.67. The molecule has 0 aliphatic carbocycles. The lowest BCUT2D eigenvalue weighted by atomic mass is 9.95. The SMILES string of the molecule is C#Cc1c(F)c(F)cc2cncc(C(C)C)c12.CC.CC. The zero-order valence-electron chi connectivity index (χ0n) is 13.6. The fraction of sp³-hybridized carbons (Fsp3) is 0.389. The van der Waals surface area contributed by atoms with Crippen LogP contribution >= 0.6 is 0 Å². The molecule has 0 saturated carbocycles. The van der Waals surface area contributed by atoms with Crippen molar-refractivity contribution in [3.8, 4) is 12.3 Å². The zero-order chi connectivity index (χ0) is 16.6. The molecule has 0 atom stereocenters. The van der Waals surface area contributed by atoms with Crippen LogP contribution in [0.5, 0.6) is 0 Å². The van der Waals surface area contributed by atoms with Crippen LogP contribution in [0.3, 0.4) is 0 Å². The summed E-state index contributed by atoms with van der Waals surface area (Å²) < 4.78 is 27.0. The van der Waals surface area contributed by atoms with Gasteiger partial charge in [-0.2, -0.15) is 0 Å². The van der Waals surface area contributed by atoms with Crippen LogP contribution in [0.2, 0.25) is 0 Å². The maximum Gasteiger partial charge on any atom is 0.175 e. The van der Waals surface area contributed by atoms with Crippen molar-refractivity contribution in [2.45, 2.75) is 47.5 Å². The van der Waals surface area contributed by atoms with Crippen LogP contribution in [0, 0.1) is 24.0 Å². The molecule has 0 spiro atoms. The zero-order valence-corrected chi connectivity index (χ0v) is 13.6. The largest absolute Gasteiger partial charge is 0.264 e. The van der Waals surface area contributed by atoms with E-state index < -0.39 is 11.6 Å². The standard InChI is InChI=1S/C14H11F2N.2C2H6/c1-4-10-13-9(5-12(15)14(10)16)6-17-7-11(13)8(2)3;2*1-2/h1,5-8H,2-3H3;2*1-2H3. The summed E-state index contributed by atoms with van der Waals surface area (Å²) in [5.41, 5.74) is 0.806. The first-order valence-corrected chi connectivity index (χ1v) is 7.28. The van der Waals surface area contributed by atoms with Crippen LogP contribution in [0.25, 0.3) is 10.8 Å². The van der Waals surface area contributed by atoms with E-state index in [1.807, 2.05) is 41.5 Å². The molecule has 1 nitrogen and oxygen atoms in total. The number of hydrogen-bond donors (Lipinski definition) is 0. The van der Waals surface area contributed by atoms with Gasteiger partial charge >= 0.3 is 0 Å². The summed E-state index contributed by atoms with van der Waals surface area (Å²) in [7, 11) is 0. The lowest BCUT2D eigenvalue weighted by Crippen LogP contribution is -1.98. The van der Waals surface area contributed by atoms with Crippen molar-refractivity contribution >= 4 is 10.8 Å². The molecule has 21 heavy (non-hydrogen) atoms. The minimum atomic E-state index is -0.965. The molecule has 2 aromatic rings. The lowest BCUT2D eigenvalue weighted by molar-refractivity contribution is 0.509. The van der Waals surface area contributed by atoms with Crippen molar-refractivity contribution < 1.29 is 8.78 Å². The van der Waals surface area contributed by atoms with E-state index in [2.05, 4.69) is 10.9 Å². The fourth-order valence-electron chi connectivity index (χ4n) is 1.89. The van der Waals surface area contributed by atoms with Crippen LogP contribution in [-0.4, -0.2) is 4.98 Å². The van der Waals surface area contributed by atoms with Gasteiger partial charge in [0.05, 0.1) is 5.56 Å². The number of aromatic nitrogens is 1. The molecule has 1 aromatic heterocycles. The number of pyridine rings is 1. The molecule has 0 unspecified atom stereocenters. The van der Waals surface area contributed by atoms with E-state index in [1.54, 1.807) is 6.20 Å². The van der Waals surface area contributed by atoms with Gasteiger partial charge in [0.1, 0.15) is 0 Å². The Labute approximate surface area is 126 Å². The van der Waals surface area contributed by atoms with Gasteiger partial charge in [-0.25, -0.2) is 8.78 Å². The van der Waals surface area contributed by atoms with Gasteiger partial charge in [-0.3, -0.25) is 4.98 Å². The number of halogens is 2. The van der Waals surface area contributed by atoms with Crippen LogP contribution in [0.4, 0.5) is 8.78 Å². The van der Waals surface area contributed by atoms with E-state index in [4.69, 9.17) is 6.42 Å². The maximum atomic E-state index is 13.6. The molecule has 0 aliphatic heterocycles. The molecule has 0 saturated heterocycles. The van der Waals surface area contributed by atoms with E-state index in [-0.39, 0.29) is 11.5 Å². The first-order chi connectivity index (χ1) is 10.1. The third kappa shape index (κ3) is 4.01. The van der Waals surface area contributed by atoms with Crippen molar-refractivity contribution in [2.24, 2.45) is 0 Å². The molecule has 1 heterocycles. The number of benzene rings is 1. The van der Waals surface area contributed by atoms with Crippen molar-refractivity contribution in [3.63, 3.8) is 0 Å². The van der Waals surface area contributed by atoms with Crippen LogP contribution < -0.4 is 0 Å². The second-order valence-electron chi connectivity index (χ2n) is 4.17. The van der Waals surface area contributed by atoms with Crippen molar-refractivity contribution in [2.75, 3.05) is 0 Å². The monoisotopic (exact) mass is 291 g/mol. The highest BCUT2D eigenvalue weighted by molar-refractivity contribution is 5.91.